The highest BCUT2D eigenvalue weighted by atomic mass is 16.1. The fourth-order valence-electron chi connectivity index (χ4n) is 0.764. The van der Waals surface area contributed by atoms with Gasteiger partial charge >= 0.3 is 0 Å². The summed E-state index contributed by atoms with van der Waals surface area (Å²) in [5, 5.41) is 6.03. The van der Waals surface area contributed by atoms with Gasteiger partial charge in [0, 0.05) is 24.2 Å². The number of hydrogen-bond acceptors (Lipinski definition) is 2. The van der Waals surface area contributed by atoms with Crippen LogP contribution in [0, 0.1) is 0 Å². The fraction of sp³-hybridized carbons (Fsp3) is 0.700. The van der Waals surface area contributed by atoms with Gasteiger partial charge in [-0.3, -0.25) is 4.79 Å². The van der Waals surface area contributed by atoms with E-state index >= 15 is 0 Å². The molecule has 2 N–H and O–H groups in total. The molecule has 0 aliphatic rings. The molecule has 0 unspecified atom stereocenters. The first kappa shape index (κ1) is 12.2. The Labute approximate surface area is 80.6 Å². The molecule has 0 saturated heterocycles. The second-order valence-corrected chi connectivity index (χ2v) is 4.21. The average molecular weight is 184 g/mol. The van der Waals surface area contributed by atoms with E-state index in [1.165, 1.54) is 0 Å². The van der Waals surface area contributed by atoms with Gasteiger partial charge in [-0.1, -0.05) is 6.58 Å². The van der Waals surface area contributed by atoms with E-state index in [0.29, 0.717) is 12.1 Å². The molecule has 0 spiro atoms. The van der Waals surface area contributed by atoms with E-state index in [1.54, 1.807) is 6.92 Å². The molecule has 0 aromatic carbocycles. The third-order valence-electron chi connectivity index (χ3n) is 1.45. The van der Waals surface area contributed by atoms with Crippen molar-refractivity contribution in [2.24, 2.45) is 0 Å². The minimum atomic E-state index is -0.0734. The summed E-state index contributed by atoms with van der Waals surface area (Å²) in [5.74, 6) is -0.0734. The predicted molar refractivity (Wildman–Crippen MR) is 55.6 cm³/mol. The summed E-state index contributed by atoms with van der Waals surface area (Å²) in [5.41, 5.74) is 0.657. The summed E-state index contributed by atoms with van der Waals surface area (Å²) < 4.78 is 0. The van der Waals surface area contributed by atoms with Crippen molar-refractivity contribution >= 4 is 5.91 Å². The summed E-state index contributed by atoms with van der Waals surface area (Å²) in [6.07, 6.45) is 0. The van der Waals surface area contributed by atoms with Crippen LogP contribution in [0.4, 0.5) is 0 Å². The molecule has 0 atom stereocenters. The van der Waals surface area contributed by atoms with Crippen molar-refractivity contribution in [1.82, 2.24) is 10.6 Å². The van der Waals surface area contributed by atoms with Crippen LogP contribution in [0.25, 0.3) is 0 Å². The Bertz CT molecular complexity index is 192. The quantitative estimate of drug-likeness (QED) is 0.507. The second-order valence-electron chi connectivity index (χ2n) is 4.21. The van der Waals surface area contributed by atoms with Crippen LogP contribution in [-0.2, 0) is 4.79 Å². The summed E-state index contributed by atoms with van der Waals surface area (Å²) >= 11 is 0. The highest BCUT2D eigenvalue weighted by Crippen LogP contribution is 1.96. The molecule has 0 aliphatic carbocycles. The van der Waals surface area contributed by atoms with Crippen LogP contribution in [0.2, 0.25) is 0 Å². The van der Waals surface area contributed by atoms with E-state index in [0.717, 1.165) is 6.54 Å². The first-order valence-corrected chi connectivity index (χ1v) is 4.51. The van der Waals surface area contributed by atoms with Crippen LogP contribution in [0.15, 0.2) is 12.2 Å². The summed E-state index contributed by atoms with van der Waals surface area (Å²) in [7, 11) is 0. The van der Waals surface area contributed by atoms with E-state index < -0.39 is 0 Å². The number of carbonyl (C=O) groups is 1. The number of rotatable bonds is 4. The molecule has 1 amide bonds. The van der Waals surface area contributed by atoms with Crippen LogP contribution < -0.4 is 10.6 Å². The van der Waals surface area contributed by atoms with E-state index in [-0.39, 0.29) is 11.4 Å². The molecule has 3 heteroatoms. The lowest BCUT2D eigenvalue weighted by molar-refractivity contribution is -0.117. The van der Waals surface area contributed by atoms with Gasteiger partial charge in [-0.15, -0.1) is 0 Å². The number of hydrogen-bond donors (Lipinski definition) is 2. The zero-order chi connectivity index (χ0) is 10.5. The molecule has 76 valence electrons. The van der Waals surface area contributed by atoms with E-state index in [1.807, 2.05) is 0 Å². The van der Waals surface area contributed by atoms with Gasteiger partial charge < -0.3 is 10.6 Å². The first-order valence-electron chi connectivity index (χ1n) is 4.51. The standard InChI is InChI=1S/C10H20N2O/c1-8(2)9(13)11-6-7-12-10(3,4)5/h12H,1,6-7H2,2-5H3,(H,11,13). The molecule has 0 aromatic rings. The maximum absolute atomic E-state index is 11.0. The third-order valence-corrected chi connectivity index (χ3v) is 1.45. The Kier molecular flexibility index (Phi) is 4.70. The summed E-state index contributed by atoms with van der Waals surface area (Å²) in [6, 6.07) is 0. The molecule has 0 heterocycles. The Morgan fingerprint density at radius 3 is 2.23 bits per heavy atom. The second kappa shape index (κ2) is 5.02. The lowest BCUT2D eigenvalue weighted by Gasteiger charge is -2.20. The minimum absolute atomic E-state index is 0.0734. The molecule has 0 aliphatic heterocycles. The van der Waals surface area contributed by atoms with E-state index in [9.17, 15) is 4.79 Å². The van der Waals surface area contributed by atoms with Gasteiger partial charge in [0.2, 0.25) is 5.91 Å². The molecule has 3 nitrogen and oxygen atoms in total. The Morgan fingerprint density at radius 1 is 1.31 bits per heavy atom. The van der Waals surface area contributed by atoms with Crippen LogP contribution in [-0.4, -0.2) is 24.5 Å². The lowest BCUT2D eigenvalue weighted by Crippen LogP contribution is -2.41. The van der Waals surface area contributed by atoms with Crippen molar-refractivity contribution in [2.45, 2.75) is 33.2 Å². The van der Waals surface area contributed by atoms with Gasteiger partial charge in [0.25, 0.3) is 0 Å². The van der Waals surface area contributed by atoms with Crippen molar-refractivity contribution in [2.75, 3.05) is 13.1 Å². The number of amides is 1. The van der Waals surface area contributed by atoms with Crippen LogP contribution in [0.3, 0.4) is 0 Å². The van der Waals surface area contributed by atoms with Crippen molar-refractivity contribution in [3.63, 3.8) is 0 Å². The highest BCUT2D eigenvalue weighted by molar-refractivity contribution is 5.92. The predicted octanol–water partition coefficient (Wildman–Crippen LogP) is 1.07. The minimum Gasteiger partial charge on any atom is -0.351 e. The monoisotopic (exact) mass is 184 g/mol. The van der Waals surface area contributed by atoms with Crippen molar-refractivity contribution in [3.05, 3.63) is 12.2 Å². The molecule has 13 heavy (non-hydrogen) atoms. The zero-order valence-corrected chi connectivity index (χ0v) is 9.03. The molecular weight excluding hydrogens is 164 g/mol. The van der Waals surface area contributed by atoms with Gasteiger partial charge in [0.15, 0.2) is 0 Å². The van der Waals surface area contributed by atoms with Crippen LogP contribution in [0.1, 0.15) is 27.7 Å². The SMILES string of the molecule is C=C(C)C(=O)NCCNC(C)(C)C. The molecule has 0 aromatic heterocycles. The highest BCUT2D eigenvalue weighted by Gasteiger charge is 2.07. The van der Waals surface area contributed by atoms with E-state index in [2.05, 4.69) is 38.0 Å². The van der Waals surface area contributed by atoms with Crippen molar-refractivity contribution < 1.29 is 4.79 Å². The molecule has 0 radical (unpaired) electrons. The van der Waals surface area contributed by atoms with E-state index in [4.69, 9.17) is 0 Å². The Hall–Kier alpha value is -0.830. The normalized spacial score (nSPS) is 11.1. The Balaban J connectivity index is 3.47. The lowest BCUT2D eigenvalue weighted by atomic mass is 10.1. The topological polar surface area (TPSA) is 41.1 Å². The van der Waals surface area contributed by atoms with Crippen molar-refractivity contribution in [3.8, 4) is 0 Å². The number of nitrogens with one attached hydrogen (secondary N) is 2. The zero-order valence-electron chi connectivity index (χ0n) is 9.03. The molecule has 0 saturated carbocycles. The van der Waals surface area contributed by atoms with Crippen molar-refractivity contribution in [1.29, 1.82) is 0 Å². The fourth-order valence-corrected chi connectivity index (χ4v) is 0.764. The average Bonchev–Trinajstić information content (AvgIpc) is 1.95. The van der Waals surface area contributed by atoms with Gasteiger partial charge in [-0.25, -0.2) is 0 Å². The number of carbonyl (C=O) groups excluding carboxylic acids is 1. The smallest absolute Gasteiger partial charge is 0.246 e. The molecule has 0 bridgehead atoms. The molecular formula is C10H20N2O. The van der Waals surface area contributed by atoms with Gasteiger partial charge in [0.05, 0.1) is 0 Å². The van der Waals surface area contributed by atoms with Crippen LogP contribution in [0.5, 0.6) is 0 Å². The first-order chi connectivity index (χ1) is 5.83. The Morgan fingerprint density at radius 2 is 1.85 bits per heavy atom. The molecule has 0 rings (SSSR count). The van der Waals surface area contributed by atoms with Crippen LogP contribution >= 0.6 is 0 Å². The largest absolute Gasteiger partial charge is 0.351 e. The van der Waals surface area contributed by atoms with Gasteiger partial charge in [0.1, 0.15) is 0 Å². The summed E-state index contributed by atoms with van der Waals surface area (Å²) in [6.45, 7) is 12.9. The molecule has 0 fully saturated rings. The maximum atomic E-state index is 11.0. The summed E-state index contributed by atoms with van der Waals surface area (Å²) in [4.78, 5) is 11.0. The third kappa shape index (κ3) is 7.53. The van der Waals surface area contributed by atoms with Gasteiger partial charge in [-0.05, 0) is 27.7 Å². The van der Waals surface area contributed by atoms with Gasteiger partial charge in [-0.2, -0.15) is 0 Å². The maximum Gasteiger partial charge on any atom is 0.246 e.